The van der Waals surface area contributed by atoms with Crippen molar-refractivity contribution < 1.29 is 18.3 Å². The third-order valence-electron chi connectivity index (χ3n) is 4.81. The molecule has 4 rings (SSSR count). The first-order valence-electron chi connectivity index (χ1n) is 9.66. The van der Waals surface area contributed by atoms with Crippen LogP contribution in [0.3, 0.4) is 0 Å². The van der Waals surface area contributed by atoms with Crippen molar-refractivity contribution in [3.05, 3.63) is 77.0 Å². The summed E-state index contributed by atoms with van der Waals surface area (Å²) >= 11 is 0. The number of H-pyrrole nitrogens is 1. The molecule has 1 N–H and O–H groups in total. The molecule has 2 heterocycles. The Bertz CT molecular complexity index is 1040. The van der Waals surface area contributed by atoms with Gasteiger partial charge in [-0.15, -0.1) is 0 Å². The number of aromatic amines is 1. The van der Waals surface area contributed by atoms with Crippen LogP contribution in [-0.2, 0) is 6.54 Å². The van der Waals surface area contributed by atoms with Crippen LogP contribution in [-0.4, -0.2) is 23.2 Å². The summed E-state index contributed by atoms with van der Waals surface area (Å²) in [6, 6.07) is 11.9. The standard InChI is InChI=1S/C22H21F2N3O3/c23-22(24)30-19-8-7-17(11-20(19)29-14-15-5-6-15)27(18-4-2-9-25-12-18)13-16-3-1-10-26-21(16)28/h1-4,7-12,15,22H,5-6,13-14H2,(H,26,28). The van der Waals surface area contributed by atoms with E-state index in [1.54, 1.807) is 48.9 Å². The second-order valence-electron chi connectivity index (χ2n) is 7.09. The van der Waals surface area contributed by atoms with E-state index < -0.39 is 6.61 Å². The molecule has 1 aliphatic rings. The highest BCUT2D eigenvalue weighted by molar-refractivity contribution is 5.66. The lowest BCUT2D eigenvalue weighted by Gasteiger charge is -2.25. The molecule has 0 spiro atoms. The second kappa shape index (κ2) is 8.94. The van der Waals surface area contributed by atoms with Gasteiger partial charge in [-0.2, -0.15) is 8.78 Å². The van der Waals surface area contributed by atoms with Gasteiger partial charge < -0.3 is 19.4 Å². The minimum atomic E-state index is -2.95. The Balaban J connectivity index is 1.70. The number of aromatic nitrogens is 2. The van der Waals surface area contributed by atoms with E-state index in [1.807, 2.05) is 11.0 Å². The Hall–Kier alpha value is -3.42. The third kappa shape index (κ3) is 4.94. The molecule has 0 saturated heterocycles. The number of alkyl halides is 2. The summed E-state index contributed by atoms with van der Waals surface area (Å²) in [5, 5.41) is 0. The van der Waals surface area contributed by atoms with Crippen molar-refractivity contribution in [1.29, 1.82) is 0 Å². The smallest absolute Gasteiger partial charge is 0.387 e. The molecule has 0 unspecified atom stereocenters. The number of rotatable bonds is 9. The molecule has 2 aromatic heterocycles. The number of nitrogens with one attached hydrogen (secondary N) is 1. The van der Waals surface area contributed by atoms with Crippen LogP contribution in [0.15, 0.2) is 65.8 Å². The van der Waals surface area contributed by atoms with Gasteiger partial charge in [0.1, 0.15) is 0 Å². The van der Waals surface area contributed by atoms with Gasteiger partial charge in [-0.25, -0.2) is 0 Å². The normalized spacial score (nSPS) is 13.3. The van der Waals surface area contributed by atoms with Crippen molar-refractivity contribution in [1.82, 2.24) is 9.97 Å². The third-order valence-corrected chi connectivity index (χ3v) is 4.81. The van der Waals surface area contributed by atoms with Crippen molar-refractivity contribution in [2.24, 2.45) is 5.92 Å². The number of hydrogen-bond acceptors (Lipinski definition) is 5. The Morgan fingerprint density at radius 2 is 2.00 bits per heavy atom. The molecule has 0 amide bonds. The number of benzene rings is 1. The molecule has 3 aromatic rings. The fourth-order valence-electron chi connectivity index (χ4n) is 3.06. The fraction of sp³-hybridized carbons (Fsp3) is 0.273. The molecule has 0 bridgehead atoms. The zero-order valence-corrected chi connectivity index (χ0v) is 16.1. The van der Waals surface area contributed by atoms with Crippen LogP contribution in [0, 0.1) is 5.92 Å². The van der Waals surface area contributed by atoms with Crippen LogP contribution >= 0.6 is 0 Å². The molecule has 0 atom stereocenters. The van der Waals surface area contributed by atoms with Crippen molar-refractivity contribution in [2.75, 3.05) is 11.5 Å². The predicted octanol–water partition coefficient (Wildman–Crippen LogP) is 4.50. The van der Waals surface area contributed by atoms with E-state index in [4.69, 9.17) is 4.74 Å². The number of ether oxygens (including phenoxy) is 2. The van der Waals surface area contributed by atoms with Crippen LogP contribution in [0.25, 0.3) is 0 Å². The maximum atomic E-state index is 12.8. The van der Waals surface area contributed by atoms with Crippen LogP contribution in [0.5, 0.6) is 11.5 Å². The first kappa shape index (κ1) is 19.9. The average Bonchev–Trinajstić information content (AvgIpc) is 3.57. The van der Waals surface area contributed by atoms with E-state index in [0.717, 1.165) is 18.5 Å². The van der Waals surface area contributed by atoms with Crippen LogP contribution < -0.4 is 19.9 Å². The Kier molecular flexibility index (Phi) is 5.92. The molecular weight excluding hydrogens is 392 g/mol. The molecule has 0 radical (unpaired) electrons. The first-order chi connectivity index (χ1) is 14.6. The lowest BCUT2D eigenvalue weighted by molar-refractivity contribution is -0.0515. The summed E-state index contributed by atoms with van der Waals surface area (Å²) < 4.78 is 36.1. The lowest BCUT2D eigenvalue weighted by atomic mass is 10.2. The summed E-state index contributed by atoms with van der Waals surface area (Å²) in [5.74, 6) is 0.680. The topological polar surface area (TPSA) is 67.5 Å². The van der Waals surface area contributed by atoms with E-state index >= 15 is 0 Å². The van der Waals surface area contributed by atoms with Crippen molar-refractivity contribution in [3.63, 3.8) is 0 Å². The Morgan fingerprint density at radius 1 is 1.13 bits per heavy atom. The average molecular weight is 413 g/mol. The molecule has 156 valence electrons. The van der Waals surface area contributed by atoms with E-state index in [9.17, 15) is 13.6 Å². The largest absolute Gasteiger partial charge is 0.489 e. The quantitative estimate of drug-likeness (QED) is 0.560. The van der Waals surface area contributed by atoms with Crippen LogP contribution in [0.1, 0.15) is 18.4 Å². The molecule has 8 heteroatoms. The van der Waals surface area contributed by atoms with E-state index in [-0.39, 0.29) is 23.6 Å². The highest BCUT2D eigenvalue weighted by atomic mass is 19.3. The lowest BCUT2D eigenvalue weighted by Crippen LogP contribution is -2.22. The number of anilines is 2. The van der Waals surface area contributed by atoms with Gasteiger partial charge >= 0.3 is 6.61 Å². The molecule has 1 aromatic carbocycles. The van der Waals surface area contributed by atoms with Crippen molar-refractivity contribution in [2.45, 2.75) is 26.0 Å². The van der Waals surface area contributed by atoms with Gasteiger partial charge in [-0.3, -0.25) is 9.78 Å². The molecular formula is C22H21F2N3O3. The summed E-state index contributed by atoms with van der Waals surface area (Å²) in [6.07, 6.45) is 7.04. The van der Waals surface area contributed by atoms with Crippen LogP contribution in [0.2, 0.25) is 0 Å². The highest BCUT2D eigenvalue weighted by Crippen LogP contribution is 2.38. The van der Waals surface area contributed by atoms with Gasteiger partial charge in [0.25, 0.3) is 5.56 Å². The second-order valence-corrected chi connectivity index (χ2v) is 7.09. The van der Waals surface area contributed by atoms with E-state index in [2.05, 4.69) is 14.7 Å². The minimum absolute atomic E-state index is 0.0157. The summed E-state index contributed by atoms with van der Waals surface area (Å²) in [7, 11) is 0. The van der Waals surface area contributed by atoms with E-state index in [0.29, 0.717) is 23.8 Å². The SMILES string of the molecule is O=c1[nH]cccc1CN(c1cccnc1)c1ccc(OC(F)F)c(OCC2CC2)c1. The van der Waals surface area contributed by atoms with Gasteiger partial charge in [0.2, 0.25) is 0 Å². The number of hydrogen-bond donors (Lipinski definition) is 1. The summed E-state index contributed by atoms with van der Waals surface area (Å²) in [4.78, 5) is 20.9. The maximum absolute atomic E-state index is 12.8. The Morgan fingerprint density at radius 3 is 2.70 bits per heavy atom. The van der Waals surface area contributed by atoms with Gasteiger partial charge in [-0.05, 0) is 49.1 Å². The van der Waals surface area contributed by atoms with Gasteiger partial charge in [0.15, 0.2) is 11.5 Å². The minimum Gasteiger partial charge on any atom is -0.489 e. The molecule has 0 aliphatic heterocycles. The fourth-order valence-corrected chi connectivity index (χ4v) is 3.06. The van der Waals surface area contributed by atoms with Gasteiger partial charge in [0.05, 0.1) is 25.0 Å². The van der Waals surface area contributed by atoms with Crippen LogP contribution in [0.4, 0.5) is 20.2 Å². The molecule has 30 heavy (non-hydrogen) atoms. The zero-order valence-electron chi connectivity index (χ0n) is 16.1. The molecule has 1 fully saturated rings. The van der Waals surface area contributed by atoms with Crippen molar-refractivity contribution >= 4 is 11.4 Å². The summed E-state index contributed by atoms with van der Waals surface area (Å²) in [5.41, 5.74) is 1.76. The number of pyridine rings is 2. The number of nitrogens with zero attached hydrogens (tertiary/aromatic N) is 2. The molecule has 6 nitrogen and oxygen atoms in total. The van der Waals surface area contributed by atoms with E-state index in [1.165, 1.54) is 6.07 Å². The summed E-state index contributed by atoms with van der Waals surface area (Å²) in [6.45, 7) is -2.23. The highest BCUT2D eigenvalue weighted by Gasteiger charge is 2.24. The monoisotopic (exact) mass is 413 g/mol. The maximum Gasteiger partial charge on any atom is 0.387 e. The Labute approximate surface area is 172 Å². The molecule has 1 saturated carbocycles. The first-order valence-corrected chi connectivity index (χ1v) is 9.66. The zero-order chi connectivity index (χ0) is 20.9. The molecule has 1 aliphatic carbocycles. The predicted molar refractivity (Wildman–Crippen MR) is 108 cm³/mol. The van der Waals surface area contributed by atoms with Gasteiger partial charge in [0, 0.05) is 29.7 Å². The number of halogens is 2. The van der Waals surface area contributed by atoms with Gasteiger partial charge in [-0.1, -0.05) is 6.07 Å². The van der Waals surface area contributed by atoms with Crippen molar-refractivity contribution in [3.8, 4) is 11.5 Å².